The molecule has 2 aromatic rings. The molecule has 0 aromatic heterocycles. The Hall–Kier alpha value is -1.85. The van der Waals surface area contributed by atoms with Gasteiger partial charge in [0.2, 0.25) is 6.10 Å². The van der Waals surface area contributed by atoms with Gasteiger partial charge in [-0.2, -0.15) is 0 Å². The van der Waals surface area contributed by atoms with Crippen molar-refractivity contribution in [3.63, 3.8) is 0 Å². The lowest BCUT2D eigenvalue weighted by atomic mass is 10.1. The van der Waals surface area contributed by atoms with Gasteiger partial charge in [-0.15, -0.1) is 0 Å². The van der Waals surface area contributed by atoms with Gasteiger partial charge < -0.3 is 15.4 Å². The number of hydrogen-bond acceptors (Lipinski definition) is 3. The molecule has 3 rings (SSSR count). The van der Waals surface area contributed by atoms with E-state index in [1.165, 1.54) is 0 Å². The van der Waals surface area contributed by atoms with Crippen molar-refractivity contribution in [2.45, 2.75) is 12.5 Å². The van der Waals surface area contributed by atoms with Crippen LogP contribution >= 0.6 is 15.9 Å². The third-order valence-corrected chi connectivity index (χ3v) is 4.99. The fraction of sp³-hybridized carbons (Fsp3) is 0.316. The van der Waals surface area contributed by atoms with E-state index in [1.54, 1.807) is 0 Å². The second kappa shape index (κ2) is 7.81. The molecule has 0 bridgehead atoms. The highest BCUT2D eigenvalue weighted by atomic mass is 79.9. The molecule has 24 heavy (non-hydrogen) atoms. The first kappa shape index (κ1) is 17.0. The monoisotopic (exact) mass is 388 g/mol. The summed E-state index contributed by atoms with van der Waals surface area (Å²) >= 11 is 3.48. The van der Waals surface area contributed by atoms with Gasteiger partial charge in [-0.3, -0.25) is 4.79 Å². The Labute approximate surface area is 150 Å². The topological polar surface area (TPSA) is 55.6 Å². The van der Waals surface area contributed by atoms with Gasteiger partial charge in [-0.1, -0.05) is 42.5 Å². The quantitative estimate of drug-likeness (QED) is 0.853. The summed E-state index contributed by atoms with van der Waals surface area (Å²) in [5, 5.41) is 0. The molecule has 0 radical (unpaired) electrons. The van der Waals surface area contributed by atoms with Crippen molar-refractivity contribution in [1.29, 1.82) is 0 Å². The molecule has 0 saturated carbocycles. The fourth-order valence-corrected chi connectivity index (χ4v) is 3.33. The van der Waals surface area contributed by atoms with Crippen LogP contribution in [0.2, 0.25) is 0 Å². The number of para-hydroxylation sites is 1. The number of carbonyl (C=O) groups excluding carboxylic acids is 1. The lowest BCUT2D eigenvalue weighted by Crippen LogP contribution is -2.36. The standard InChI is InChI=1S/C19H21BrN2O2/c20-16-8-4-5-9-17(16)24-18(15-6-2-1-3-7-15)19(23)22-11-10-14(12-21)13-22/h1-9,14,18H,10-13,21H2/t14-,18+/m0/s1. The Balaban J connectivity index is 1.85. The van der Waals surface area contributed by atoms with E-state index in [9.17, 15) is 4.79 Å². The van der Waals surface area contributed by atoms with Crippen molar-refractivity contribution >= 4 is 21.8 Å². The maximum absolute atomic E-state index is 13.1. The third kappa shape index (κ3) is 3.79. The predicted octanol–water partition coefficient (Wildman–Crippen LogP) is 3.38. The van der Waals surface area contributed by atoms with Crippen LogP contribution < -0.4 is 10.5 Å². The minimum atomic E-state index is -0.651. The molecule has 1 saturated heterocycles. The van der Waals surface area contributed by atoms with Crippen LogP contribution in [0.1, 0.15) is 18.1 Å². The van der Waals surface area contributed by atoms with Crippen molar-refractivity contribution in [3.8, 4) is 5.75 Å². The van der Waals surface area contributed by atoms with E-state index in [2.05, 4.69) is 15.9 Å². The summed E-state index contributed by atoms with van der Waals surface area (Å²) < 4.78 is 6.94. The molecule has 1 aliphatic heterocycles. The molecule has 2 atom stereocenters. The highest BCUT2D eigenvalue weighted by Gasteiger charge is 2.32. The smallest absolute Gasteiger partial charge is 0.268 e. The van der Waals surface area contributed by atoms with Crippen molar-refractivity contribution in [2.75, 3.05) is 19.6 Å². The molecule has 0 spiro atoms. The molecule has 2 aromatic carbocycles. The molecule has 1 aliphatic rings. The zero-order chi connectivity index (χ0) is 16.9. The highest BCUT2D eigenvalue weighted by molar-refractivity contribution is 9.10. The Morgan fingerprint density at radius 1 is 1.21 bits per heavy atom. The minimum absolute atomic E-state index is 0.00657. The summed E-state index contributed by atoms with van der Waals surface area (Å²) in [5.74, 6) is 1.04. The van der Waals surface area contributed by atoms with E-state index in [-0.39, 0.29) is 5.91 Å². The predicted molar refractivity (Wildman–Crippen MR) is 97.7 cm³/mol. The first-order valence-corrected chi connectivity index (χ1v) is 8.93. The summed E-state index contributed by atoms with van der Waals surface area (Å²) in [7, 11) is 0. The van der Waals surface area contributed by atoms with Gasteiger partial charge in [-0.05, 0) is 46.9 Å². The number of ether oxygens (including phenoxy) is 1. The summed E-state index contributed by atoms with van der Waals surface area (Å²) in [4.78, 5) is 14.9. The first-order chi connectivity index (χ1) is 11.7. The number of likely N-dealkylation sites (tertiary alicyclic amines) is 1. The lowest BCUT2D eigenvalue weighted by molar-refractivity contribution is -0.138. The summed E-state index contributed by atoms with van der Waals surface area (Å²) in [6, 6.07) is 17.2. The van der Waals surface area contributed by atoms with Gasteiger partial charge >= 0.3 is 0 Å². The molecule has 4 nitrogen and oxygen atoms in total. The van der Waals surface area contributed by atoms with E-state index >= 15 is 0 Å². The molecule has 5 heteroatoms. The molecule has 1 heterocycles. The van der Waals surface area contributed by atoms with Gasteiger partial charge in [0.25, 0.3) is 5.91 Å². The Kier molecular flexibility index (Phi) is 5.53. The number of rotatable bonds is 5. The number of nitrogens with zero attached hydrogens (tertiary/aromatic N) is 1. The van der Waals surface area contributed by atoms with Crippen LogP contribution in [0.3, 0.4) is 0 Å². The molecular formula is C19H21BrN2O2. The Bertz CT molecular complexity index is 693. The van der Waals surface area contributed by atoms with Crippen LogP contribution in [0.4, 0.5) is 0 Å². The van der Waals surface area contributed by atoms with Gasteiger partial charge in [0.1, 0.15) is 5.75 Å². The maximum atomic E-state index is 13.1. The maximum Gasteiger partial charge on any atom is 0.268 e. The summed E-state index contributed by atoms with van der Waals surface area (Å²) in [5.41, 5.74) is 6.61. The molecular weight excluding hydrogens is 368 g/mol. The second-order valence-corrected chi connectivity index (χ2v) is 6.87. The molecule has 1 fully saturated rings. The van der Waals surface area contributed by atoms with E-state index < -0.39 is 6.10 Å². The first-order valence-electron chi connectivity index (χ1n) is 8.14. The second-order valence-electron chi connectivity index (χ2n) is 6.01. The van der Waals surface area contributed by atoms with Crippen LogP contribution in [0.5, 0.6) is 5.75 Å². The van der Waals surface area contributed by atoms with E-state index in [0.717, 1.165) is 23.0 Å². The molecule has 126 valence electrons. The SMILES string of the molecule is NC[C@@H]1CCN(C(=O)[C@H](Oc2ccccc2Br)c2ccccc2)C1. The number of nitrogens with two attached hydrogens (primary N) is 1. The van der Waals surface area contributed by atoms with Gasteiger partial charge in [-0.25, -0.2) is 0 Å². The fourth-order valence-electron chi connectivity index (χ4n) is 2.95. The molecule has 2 N–H and O–H groups in total. The normalized spacial score (nSPS) is 18.4. The number of benzene rings is 2. The van der Waals surface area contributed by atoms with Gasteiger partial charge in [0.15, 0.2) is 0 Å². The minimum Gasteiger partial charge on any atom is -0.475 e. The van der Waals surface area contributed by atoms with Crippen LogP contribution in [-0.4, -0.2) is 30.4 Å². The van der Waals surface area contributed by atoms with Crippen molar-refractivity contribution in [2.24, 2.45) is 11.7 Å². The average molecular weight is 389 g/mol. The largest absolute Gasteiger partial charge is 0.475 e. The van der Waals surface area contributed by atoms with Crippen molar-refractivity contribution in [3.05, 3.63) is 64.6 Å². The zero-order valence-electron chi connectivity index (χ0n) is 13.4. The zero-order valence-corrected chi connectivity index (χ0v) is 15.0. The van der Waals surface area contributed by atoms with Crippen molar-refractivity contribution < 1.29 is 9.53 Å². The van der Waals surface area contributed by atoms with E-state index in [0.29, 0.717) is 24.8 Å². The van der Waals surface area contributed by atoms with E-state index in [4.69, 9.17) is 10.5 Å². The number of halogens is 1. The van der Waals surface area contributed by atoms with Crippen LogP contribution in [0, 0.1) is 5.92 Å². The summed E-state index contributed by atoms with van der Waals surface area (Å²) in [6.07, 6.45) is 0.306. The number of amides is 1. The van der Waals surface area contributed by atoms with Crippen molar-refractivity contribution in [1.82, 2.24) is 4.90 Å². The van der Waals surface area contributed by atoms with Gasteiger partial charge in [0.05, 0.1) is 4.47 Å². The summed E-state index contributed by atoms with van der Waals surface area (Å²) in [6.45, 7) is 2.06. The lowest BCUT2D eigenvalue weighted by Gasteiger charge is -2.25. The van der Waals surface area contributed by atoms with Crippen LogP contribution in [-0.2, 0) is 4.79 Å². The number of hydrogen-bond donors (Lipinski definition) is 1. The molecule has 0 aliphatic carbocycles. The number of carbonyl (C=O) groups is 1. The van der Waals surface area contributed by atoms with Gasteiger partial charge in [0, 0.05) is 18.7 Å². The average Bonchev–Trinajstić information content (AvgIpc) is 3.10. The van der Waals surface area contributed by atoms with Crippen LogP contribution in [0.25, 0.3) is 0 Å². The third-order valence-electron chi connectivity index (χ3n) is 4.34. The molecule has 1 amide bonds. The Morgan fingerprint density at radius 3 is 2.58 bits per heavy atom. The van der Waals surface area contributed by atoms with Crippen LogP contribution in [0.15, 0.2) is 59.1 Å². The van der Waals surface area contributed by atoms with E-state index in [1.807, 2.05) is 59.5 Å². The molecule has 0 unspecified atom stereocenters. The Morgan fingerprint density at radius 2 is 1.92 bits per heavy atom. The highest BCUT2D eigenvalue weighted by Crippen LogP contribution is 2.31.